The summed E-state index contributed by atoms with van der Waals surface area (Å²) in [7, 11) is 0. The molecule has 100 valence electrons. The summed E-state index contributed by atoms with van der Waals surface area (Å²) in [6, 6.07) is 9.21. The second-order valence-corrected chi connectivity index (χ2v) is 4.96. The Labute approximate surface area is 116 Å². The van der Waals surface area contributed by atoms with Crippen LogP contribution in [0.1, 0.15) is 24.1 Å². The summed E-state index contributed by atoms with van der Waals surface area (Å²) in [5.74, 6) is -0.290. The lowest BCUT2D eigenvalue weighted by Gasteiger charge is -2.18. The molecular formula is C15H15ClFNO. The maximum atomic E-state index is 13.2. The fourth-order valence-electron chi connectivity index (χ4n) is 1.97. The van der Waals surface area contributed by atoms with Gasteiger partial charge in [0.2, 0.25) is 0 Å². The first-order chi connectivity index (χ1) is 8.97. The van der Waals surface area contributed by atoms with E-state index >= 15 is 0 Å². The predicted molar refractivity (Wildman–Crippen MR) is 76.3 cm³/mol. The number of anilines is 1. The Morgan fingerprint density at radius 3 is 2.63 bits per heavy atom. The summed E-state index contributed by atoms with van der Waals surface area (Å²) >= 11 is 5.90. The van der Waals surface area contributed by atoms with Gasteiger partial charge in [0, 0.05) is 16.3 Å². The van der Waals surface area contributed by atoms with Crippen LogP contribution in [0, 0.1) is 12.7 Å². The lowest BCUT2D eigenvalue weighted by molar-refractivity contribution is 0.462. The molecule has 0 saturated carbocycles. The van der Waals surface area contributed by atoms with Gasteiger partial charge in [0.1, 0.15) is 11.6 Å². The molecule has 4 heteroatoms. The molecule has 0 heterocycles. The molecule has 0 aliphatic heterocycles. The zero-order valence-corrected chi connectivity index (χ0v) is 11.5. The predicted octanol–water partition coefficient (Wildman–Crippen LogP) is 4.67. The van der Waals surface area contributed by atoms with E-state index in [2.05, 4.69) is 5.32 Å². The normalized spacial score (nSPS) is 12.2. The van der Waals surface area contributed by atoms with Crippen LogP contribution in [0.5, 0.6) is 5.75 Å². The van der Waals surface area contributed by atoms with Gasteiger partial charge >= 0.3 is 0 Å². The average molecular weight is 280 g/mol. The number of hydrogen-bond donors (Lipinski definition) is 2. The van der Waals surface area contributed by atoms with Crippen molar-refractivity contribution in [1.29, 1.82) is 0 Å². The molecule has 0 aliphatic carbocycles. The van der Waals surface area contributed by atoms with E-state index in [4.69, 9.17) is 11.6 Å². The van der Waals surface area contributed by atoms with Gasteiger partial charge in [-0.05, 0) is 55.8 Å². The first kappa shape index (κ1) is 13.7. The lowest BCUT2D eigenvalue weighted by Crippen LogP contribution is -2.08. The minimum Gasteiger partial charge on any atom is -0.508 e. The summed E-state index contributed by atoms with van der Waals surface area (Å²) in [5.41, 5.74) is 2.42. The Morgan fingerprint density at radius 2 is 1.95 bits per heavy atom. The highest BCUT2D eigenvalue weighted by Crippen LogP contribution is 2.29. The minimum absolute atomic E-state index is 0.0769. The van der Waals surface area contributed by atoms with Gasteiger partial charge in [0.25, 0.3) is 0 Å². The van der Waals surface area contributed by atoms with Gasteiger partial charge in [-0.1, -0.05) is 11.6 Å². The van der Waals surface area contributed by atoms with Gasteiger partial charge in [-0.25, -0.2) is 4.39 Å². The highest BCUT2D eigenvalue weighted by Gasteiger charge is 2.12. The third-order valence-corrected chi connectivity index (χ3v) is 3.25. The van der Waals surface area contributed by atoms with Crippen molar-refractivity contribution < 1.29 is 9.50 Å². The molecule has 0 spiro atoms. The number of phenols is 1. The first-order valence-corrected chi connectivity index (χ1v) is 6.36. The number of halogens is 2. The van der Waals surface area contributed by atoms with E-state index in [-0.39, 0.29) is 17.6 Å². The Bertz CT molecular complexity index is 601. The molecule has 2 rings (SSSR count). The summed E-state index contributed by atoms with van der Waals surface area (Å²) in [4.78, 5) is 0. The molecule has 0 saturated heterocycles. The van der Waals surface area contributed by atoms with Crippen LogP contribution in [0.25, 0.3) is 0 Å². The molecule has 0 aliphatic rings. The Morgan fingerprint density at radius 1 is 1.21 bits per heavy atom. The minimum atomic E-state index is -0.366. The fraction of sp³-hybridized carbons (Fsp3) is 0.200. The van der Waals surface area contributed by atoms with Crippen LogP contribution in [0.3, 0.4) is 0 Å². The van der Waals surface area contributed by atoms with Gasteiger partial charge in [0.05, 0.1) is 6.04 Å². The van der Waals surface area contributed by atoms with E-state index < -0.39 is 0 Å². The van der Waals surface area contributed by atoms with Crippen LogP contribution in [-0.4, -0.2) is 5.11 Å². The number of nitrogens with one attached hydrogen (secondary N) is 1. The molecule has 1 atom stereocenters. The van der Waals surface area contributed by atoms with E-state index in [9.17, 15) is 9.50 Å². The number of benzene rings is 2. The molecule has 0 radical (unpaired) electrons. The van der Waals surface area contributed by atoms with Crippen LogP contribution in [-0.2, 0) is 0 Å². The van der Waals surface area contributed by atoms with Crippen molar-refractivity contribution in [2.45, 2.75) is 19.9 Å². The van der Waals surface area contributed by atoms with Gasteiger partial charge in [0.15, 0.2) is 0 Å². The van der Waals surface area contributed by atoms with Crippen LogP contribution in [0.4, 0.5) is 10.1 Å². The largest absolute Gasteiger partial charge is 0.508 e. The van der Waals surface area contributed by atoms with Crippen molar-refractivity contribution in [2.75, 3.05) is 5.32 Å². The van der Waals surface area contributed by atoms with Crippen LogP contribution >= 0.6 is 11.6 Å². The number of aromatic hydroxyl groups is 1. The van der Waals surface area contributed by atoms with E-state index in [0.717, 1.165) is 11.3 Å². The summed E-state index contributed by atoms with van der Waals surface area (Å²) in [6.45, 7) is 3.80. The van der Waals surface area contributed by atoms with Crippen molar-refractivity contribution in [1.82, 2.24) is 0 Å². The fourth-order valence-corrected chi connectivity index (χ4v) is 2.20. The van der Waals surface area contributed by atoms with Crippen molar-refractivity contribution >= 4 is 17.3 Å². The molecular weight excluding hydrogens is 265 g/mol. The van der Waals surface area contributed by atoms with Crippen molar-refractivity contribution in [3.63, 3.8) is 0 Å². The maximum absolute atomic E-state index is 13.2. The number of rotatable bonds is 3. The van der Waals surface area contributed by atoms with Crippen LogP contribution in [0.2, 0.25) is 5.02 Å². The van der Waals surface area contributed by atoms with Gasteiger partial charge in [-0.2, -0.15) is 0 Å². The summed E-state index contributed by atoms with van der Waals surface area (Å²) < 4.78 is 13.2. The zero-order valence-electron chi connectivity index (χ0n) is 10.7. The van der Waals surface area contributed by atoms with Gasteiger partial charge in [-0.15, -0.1) is 0 Å². The first-order valence-electron chi connectivity index (χ1n) is 5.98. The second-order valence-electron chi connectivity index (χ2n) is 4.53. The smallest absolute Gasteiger partial charge is 0.123 e. The average Bonchev–Trinajstić information content (AvgIpc) is 2.35. The highest BCUT2D eigenvalue weighted by molar-refractivity contribution is 6.30. The number of phenolic OH excluding ortho intramolecular Hbond substituents is 1. The Kier molecular flexibility index (Phi) is 3.96. The topological polar surface area (TPSA) is 32.3 Å². The maximum Gasteiger partial charge on any atom is 0.123 e. The van der Waals surface area contributed by atoms with Gasteiger partial charge in [-0.3, -0.25) is 0 Å². The highest BCUT2D eigenvalue weighted by atomic mass is 35.5. The molecule has 2 N–H and O–H groups in total. The summed E-state index contributed by atoms with van der Waals surface area (Å²) in [6.07, 6.45) is 0. The van der Waals surface area contributed by atoms with Crippen molar-refractivity contribution in [2.24, 2.45) is 0 Å². The SMILES string of the molecule is Cc1cc(Cl)ccc1NC(C)c1cc(F)ccc1O. The quantitative estimate of drug-likeness (QED) is 0.856. The molecule has 0 amide bonds. The molecule has 0 fully saturated rings. The molecule has 1 unspecified atom stereocenters. The van der Waals surface area contributed by atoms with Crippen molar-refractivity contribution in [3.8, 4) is 5.75 Å². The molecule has 0 aromatic heterocycles. The van der Waals surface area contributed by atoms with E-state index in [1.165, 1.54) is 18.2 Å². The van der Waals surface area contributed by atoms with Gasteiger partial charge < -0.3 is 10.4 Å². The lowest BCUT2D eigenvalue weighted by atomic mass is 10.1. The zero-order chi connectivity index (χ0) is 14.0. The van der Waals surface area contributed by atoms with Crippen LogP contribution < -0.4 is 5.32 Å². The molecule has 2 aromatic carbocycles. The molecule has 2 aromatic rings. The van der Waals surface area contributed by atoms with E-state index in [1.54, 1.807) is 6.07 Å². The van der Waals surface area contributed by atoms with E-state index in [0.29, 0.717) is 10.6 Å². The third-order valence-electron chi connectivity index (χ3n) is 3.02. The van der Waals surface area contributed by atoms with E-state index in [1.807, 2.05) is 26.0 Å². The standard InChI is InChI=1S/C15H15ClFNO/c1-9-7-11(16)3-5-14(9)18-10(2)13-8-12(17)4-6-15(13)19/h3-8,10,18-19H,1-2H3. The summed E-state index contributed by atoms with van der Waals surface area (Å²) in [5, 5.41) is 13.7. The third kappa shape index (κ3) is 3.18. The molecule has 19 heavy (non-hydrogen) atoms. The molecule has 2 nitrogen and oxygen atoms in total. The molecule has 0 bridgehead atoms. The second kappa shape index (κ2) is 5.49. The van der Waals surface area contributed by atoms with Crippen molar-refractivity contribution in [3.05, 3.63) is 58.4 Å². The Balaban J connectivity index is 2.25. The number of hydrogen-bond acceptors (Lipinski definition) is 2. The Hall–Kier alpha value is -1.74. The monoisotopic (exact) mass is 279 g/mol. The number of aryl methyl sites for hydroxylation is 1. The van der Waals surface area contributed by atoms with Crippen LogP contribution in [0.15, 0.2) is 36.4 Å².